The second-order valence-electron chi connectivity index (χ2n) is 10.1. The number of benzene rings is 3. The van der Waals surface area contributed by atoms with Crippen LogP contribution in [0.5, 0.6) is 0 Å². The lowest BCUT2D eigenvalue weighted by Gasteiger charge is -2.36. The Labute approximate surface area is 253 Å². The lowest BCUT2D eigenvalue weighted by molar-refractivity contribution is -0.245. The Morgan fingerprint density at radius 1 is 0.977 bits per heavy atom. The first-order valence-corrected chi connectivity index (χ1v) is 16.1. The number of aryl methyl sites for hydroxylation is 1. The van der Waals surface area contributed by atoms with Crippen molar-refractivity contribution in [1.82, 2.24) is 29.9 Å². The number of nitrogens with zero attached hydrogens (tertiary/aromatic N) is 5. The van der Waals surface area contributed by atoms with Crippen LogP contribution in [0, 0.1) is 0 Å². The van der Waals surface area contributed by atoms with Gasteiger partial charge < -0.3 is 14.6 Å². The van der Waals surface area contributed by atoms with E-state index in [2.05, 4.69) is 25.2 Å². The highest BCUT2D eigenvalue weighted by atomic mass is 32.2. The molecular formula is C30H30N6O5S2. The van der Waals surface area contributed by atoms with Crippen LogP contribution in [0.1, 0.15) is 41.1 Å². The summed E-state index contributed by atoms with van der Waals surface area (Å²) in [5, 5.41) is 22.6. The average molecular weight is 619 g/mol. The lowest BCUT2D eigenvalue weighted by atomic mass is 10.0. The van der Waals surface area contributed by atoms with Crippen molar-refractivity contribution in [2.75, 3.05) is 5.75 Å². The molecule has 43 heavy (non-hydrogen) atoms. The zero-order valence-electron chi connectivity index (χ0n) is 23.3. The van der Waals surface area contributed by atoms with Crippen molar-refractivity contribution in [1.29, 1.82) is 0 Å². The van der Waals surface area contributed by atoms with Crippen molar-refractivity contribution in [3.8, 4) is 0 Å². The Bertz CT molecular complexity index is 1790. The van der Waals surface area contributed by atoms with Crippen LogP contribution in [-0.4, -0.2) is 50.6 Å². The van der Waals surface area contributed by atoms with Crippen molar-refractivity contribution in [2.24, 2.45) is 7.05 Å². The van der Waals surface area contributed by atoms with Gasteiger partial charge in [0.1, 0.15) is 4.90 Å². The second-order valence-corrected chi connectivity index (χ2v) is 12.9. The van der Waals surface area contributed by atoms with Crippen molar-refractivity contribution in [2.45, 2.75) is 48.1 Å². The van der Waals surface area contributed by atoms with Gasteiger partial charge in [-0.05, 0) is 39.2 Å². The maximum Gasteiger partial charge on any atom is 0.243 e. The van der Waals surface area contributed by atoms with E-state index in [1.165, 1.54) is 11.8 Å². The molecule has 11 nitrogen and oxygen atoms in total. The first kappa shape index (κ1) is 29.4. The Hall–Kier alpha value is -3.72. The van der Waals surface area contributed by atoms with Gasteiger partial charge >= 0.3 is 0 Å². The molecule has 3 unspecified atom stereocenters. The van der Waals surface area contributed by atoms with Gasteiger partial charge in [-0.1, -0.05) is 78.5 Å². The largest absolute Gasteiger partial charge is 0.392 e. The number of ether oxygens (including phenoxy) is 2. The Morgan fingerprint density at radius 3 is 2.47 bits per heavy atom. The minimum atomic E-state index is -3.79. The molecule has 222 valence electrons. The number of sulfonamides is 1. The highest BCUT2D eigenvalue weighted by Gasteiger charge is 2.32. The number of nitrogens with one attached hydrogen (secondary N) is 1. The molecular weight excluding hydrogens is 589 g/mol. The molecule has 0 aliphatic carbocycles. The number of pyridine rings is 1. The van der Waals surface area contributed by atoms with Gasteiger partial charge in [0.2, 0.25) is 15.2 Å². The van der Waals surface area contributed by atoms with E-state index >= 15 is 0 Å². The molecule has 0 radical (unpaired) electrons. The molecule has 1 saturated heterocycles. The summed E-state index contributed by atoms with van der Waals surface area (Å²) in [5.74, 6) is 0.627. The van der Waals surface area contributed by atoms with E-state index in [4.69, 9.17) is 9.47 Å². The van der Waals surface area contributed by atoms with E-state index in [0.29, 0.717) is 22.8 Å². The predicted molar refractivity (Wildman–Crippen MR) is 160 cm³/mol. The molecule has 1 aliphatic rings. The lowest BCUT2D eigenvalue weighted by Crippen LogP contribution is -2.31. The third-order valence-corrected chi connectivity index (χ3v) is 9.77. The molecule has 0 spiro atoms. The zero-order chi connectivity index (χ0) is 29.8. The molecule has 1 aliphatic heterocycles. The van der Waals surface area contributed by atoms with Crippen LogP contribution in [0.2, 0.25) is 0 Å². The minimum Gasteiger partial charge on any atom is -0.392 e. The molecule has 5 aromatic rings. The fourth-order valence-electron chi connectivity index (χ4n) is 4.88. The van der Waals surface area contributed by atoms with Gasteiger partial charge in [0.25, 0.3) is 0 Å². The van der Waals surface area contributed by atoms with Gasteiger partial charge in [0.15, 0.2) is 6.29 Å². The molecule has 0 amide bonds. The summed E-state index contributed by atoms with van der Waals surface area (Å²) in [6, 6.07) is 23.9. The Kier molecular flexibility index (Phi) is 8.79. The van der Waals surface area contributed by atoms with Gasteiger partial charge in [-0.2, -0.15) is 0 Å². The van der Waals surface area contributed by atoms with E-state index in [1.54, 1.807) is 36.1 Å². The van der Waals surface area contributed by atoms with Gasteiger partial charge in [-0.25, -0.2) is 17.8 Å². The standard InChI is InChI=1S/C30H30N6O5S2/c1-36-30(33-34-35-36)42-19-25-16-26(22-11-9-21(18-37)10-12-22)41-29(40-25)24-13-7-20(8-14-24)17-32-43(38,39)27-6-2-4-23-5-3-15-31-28(23)27/h2-15,25-26,29,32,37H,16-19H2,1H3. The molecule has 3 aromatic carbocycles. The van der Waals surface area contributed by atoms with Crippen molar-refractivity contribution < 1.29 is 23.0 Å². The first-order valence-electron chi connectivity index (χ1n) is 13.7. The molecule has 1 fully saturated rings. The summed E-state index contributed by atoms with van der Waals surface area (Å²) < 4.78 is 43.4. The molecule has 0 bridgehead atoms. The number of hydrogen-bond acceptors (Lipinski definition) is 10. The number of para-hydroxylation sites is 1. The van der Waals surface area contributed by atoms with E-state index in [1.807, 2.05) is 60.7 Å². The number of aliphatic hydroxyl groups is 1. The Morgan fingerprint density at radius 2 is 1.72 bits per heavy atom. The highest BCUT2D eigenvalue weighted by molar-refractivity contribution is 7.99. The van der Waals surface area contributed by atoms with Crippen molar-refractivity contribution in [3.05, 3.63) is 107 Å². The second kappa shape index (κ2) is 12.9. The summed E-state index contributed by atoms with van der Waals surface area (Å²) in [4.78, 5) is 4.41. The topological polar surface area (TPSA) is 141 Å². The monoisotopic (exact) mass is 618 g/mol. The number of aromatic nitrogens is 5. The smallest absolute Gasteiger partial charge is 0.243 e. The number of fused-ring (bicyclic) bond motifs is 1. The van der Waals surface area contributed by atoms with Crippen LogP contribution in [0.3, 0.4) is 0 Å². The van der Waals surface area contributed by atoms with Gasteiger partial charge in [0, 0.05) is 42.9 Å². The molecule has 6 rings (SSSR count). The third kappa shape index (κ3) is 6.77. The van der Waals surface area contributed by atoms with Crippen LogP contribution in [0.15, 0.2) is 95.1 Å². The molecule has 2 N–H and O–H groups in total. The summed E-state index contributed by atoms with van der Waals surface area (Å²) in [6.45, 7) is 0.0902. The van der Waals surface area contributed by atoms with Crippen LogP contribution >= 0.6 is 11.8 Å². The number of tetrazole rings is 1. The molecule has 13 heteroatoms. The molecule has 3 heterocycles. The van der Waals surface area contributed by atoms with Crippen LogP contribution in [0.4, 0.5) is 0 Å². The zero-order valence-corrected chi connectivity index (χ0v) is 24.9. The van der Waals surface area contributed by atoms with Crippen molar-refractivity contribution >= 4 is 32.7 Å². The third-order valence-electron chi connectivity index (χ3n) is 7.20. The Balaban J connectivity index is 1.16. The normalized spacial score (nSPS) is 19.1. The van der Waals surface area contributed by atoms with Crippen molar-refractivity contribution in [3.63, 3.8) is 0 Å². The molecule has 3 atom stereocenters. The van der Waals surface area contributed by atoms with E-state index in [-0.39, 0.29) is 30.3 Å². The number of aliphatic hydroxyl groups excluding tert-OH is 1. The quantitative estimate of drug-likeness (QED) is 0.220. The summed E-state index contributed by atoms with van der Waals surface area (Å²) in [5.41, 5.74) is 3.86. The van der Waals surface area contributed by atoms with Crippen LogP contribution < -0.4 is 4.72 Å². The highest BCUT2D eigenvalue weighted by Crippen LogP contribution is 2.39. The van der Waals surface area contributed by atoms with Gasteiger partial charge in [-0.3, -0.25) is 4.98 Å². The predicted octanol–water partition coefficient (Wildman–Crippen LogP) is 4.07. The molecule has 2 aromatic heterocycles. The van der Waals surface area contributed by atoms with E-state index < -0.39 is 16.3 Å². The first-order chi connectivity index (χ1) is 20.9. The summed E-state index contributed by atoms with van der Waals surface area (Å²) in [7, 11) is -2.00. The van der Waals surface area contributed by atoms with Crippen LogP contribution in [0.25, 0.3) is 10.9 Å². The van der Waals surface area contributed by atoms with Gasteiger partial charge in [0.05, 0.1) is 24.3 Å². The SMILES string of the molecule is Cn1nnnc1SCC1CC(c2ccc(CO)cc2)OC(c2ccc(CNS(=O)(=O)c3cccc4cccnc34)cc2)O1. The average Bonchev–Trinajstić information content (AvgIpc) is 3.47. The number of rotatable bonds is 10. The minimum absolute atomic E-state index is 0.0239. The van der Waals surface area contributed by atoms with E-state index in [9.17, 15) is 13.5 Å². The van der Waals surface area contributed by atoms with Crippen LogP contribution in [-0.2, 0) is 39.7 Å². The van der Waals surface area contributed by atoms with E-state index in [0.717, 1.165) is 27.6 Å². The van der Waals surface area contributed by atoms with Gasteiger partial charge in [-0.15, -0.1) is 5.10 Å². The fourth-order valence-corrected chi connectivity index (χ4v) is 6.94. The summed E-state index contributed by atoms with van der Waals surface area (Å²) in [6.07, 6.45) is 1.21. The fraction of sp³-hybridized carbons (Fsp3) is 0.267. The maximum atomic E-state index is 13.1. The summed E-state index contributed by atoms with van der Waals surface area (Å²) >= 11 is 1.51. The molecule has 0 saturated carbocycles. The number of thioether (sulfide) groups is 1. The number of hydrogen-bond donors (Lipinski definition) is 2. The maximum absolute atomic E-state index is 13.1.